The van der Waals surface area contributed by atoms with Crippen LogP contribution in [0.15, 0.2) is 12.1 Å². The highest BCUT2D eigenvalue weighted by atomic mass is 19.1. The van der Waals surface area contributed by atoms with Gasteiger partial charge in [0.2, 0.25) is 0 Å². The first-order valence-corrected chi connectivity index (χ1v) is 6.32. The molecule has 1 fully saturated rings. The van der Waals surface area contributed by atoms with Crippen LogP contribution in [0.1, 0.15) is 37.0 Å². The molecule has 0 bridgehead atoms. The minimum atomic E-state index is -0.546. The number of rotatable bonds is 2. The number of carbonyl (C=O) groups is 1. The number of anilines is 2. The fourth-order valence-corrected chi connectivity index (χ4v) is 2.62. The summed E-state index contributed by atoms with van der Waals surface area (Å²) in [7, 11) is 1.28. The Balaban J connectivity index is 2.49. The molecule has 104 valence electrons. The van der Waals surface area contributed by atoms with E-state index in [-0.39, 0.29) is 16.8 Å². The number of ether oxygens (including phenoxy) is 1. The standard InChI is InChI=1S/C14H19FN2O2/c1-14(2)5-4-6-17(14)12-7-9(13(18)19-3)11(16)8-10(12)15/h7-8H,4-6,16H2,1-3H3. The zero-order valence-electron chi connectivity index (χ0n) is 11.5. The minimum Gasteiger partial charge on any atom is -0.465 e. The molecule has 0 radical (unpaired) electrons. The molecule has 0 saturated carbocycles. The molecule has 2 rings (SSSR count). The van der Waals surface area contributed by atoms with Gasteiger partial charge >= 0.3 is 5.97 Å². The largest absolute Gasteiger partial charge is 0.465 e. The summed E-state index contributed by atoms with van der Waals surface area (Å²) in [4.78, 5) is 13.6. The van der Waals surface area contributed by atoms with Crippen LogP contribution in [-0.4, -0.2) is 25.2 Å². The number of halogens is 1. The van der Waals surface area contributed by atoms with Gasteiger partial charge in [-0.15, -0.1) is 0 Å². The monoisotopic (exact) mass is 266 g/mol. The molecule has 4 nitrogen and oxygen atoms in total. The van der Waals surface area contributed by atoms with E-state index in [9.17, 15) is 9.18 Å². The van der Waals surface area contributed by atoms with Gasteiger partial charge in [-0.05, 0) is 38.8 Å². The SMILES string of the molecule is COC(=O)c1cc(N2CCCC2(C)C)c(F)cc1N. The first kappa shape index (κ1) is 13.6. The van der Waals surface area contributed by atoms with E-state index in [1.54, 1.807) is 0 Å². The maximum absolute atomic E-state index is 14.1. The minimum absolute atomic E-state index is 0.102. The third-order valence-corrected chi connectivity index (χ3v) is 3.72. The smallest absolute Gasteiger partial charge is 0.340 e. The van der Waals surface area contributed by atoms with Gasteiger partial charge < -0.3 is 15.4 Å². The molecule has 0 spiro atoms. The molecule has 0 atom stereocenters. The average Bonchev–Trinajstić information content (AvgIpc) is 2.68. The van der Waals surface area contributed by atoms with E-state index in [4.69, 9.17) is 5.73 Å². The molecule has 1 aromatic rings. The van der Waals surface area contributed by atoms with E-state index in [1.165, 1.54) is 19.2 Å². The van der Waals surface area contributed by atoms with Crippen molar-refractivity contribution < 1.29 is 13.9 Å². The summed E-state index contributed by atoms with van der Waals surface area (Å²) in [5, 5.41) is 0. The van der Waals surface area contributed by atoms with Gasteiger partial charge in [-0.3, -0.25) is 0 Å². The molecule has 19 heavy (non-hydrogen) atoms. The van der Waals surface area contributed by atoms with Crippen molar-refractivity contribution in [3.05, 3.63) is 23.5 Å². The second-order valence-corrected chi connectivity index (χ2v) is 5.45. The zero-order chi connectivity index (χ0) is 14.2. The Labute approximate surface area is 112 Å². The summed E-state index contributed by atoms with van der Waals surface area (Å²) < 4.78 is 18.8. The number of carbonyl (C=O) groups excluding carboxylic acids is 1. The zero-order valence-corrected chi connectivity index (χ0v) is 11.5. The Morgan fingerprint density at radius 2 is 2.16 bits per heavy atom. The van der Waals surface area contributed by atoms with Gasteiger partial charge in [0.15, 0.2) is 0 Å². The third-order valence-electron chi connectivity index (χ3n) is 3.72. The van der Waals surface area contributed by atoms with Crippen LogP contribution < -0.4 is 10.6 Å². The van der Waals surface area contributed by atoms with Crippen LogP contribution >= 0.6 is 0 Å². The number of esters is 1. The van der Waals surface area contributed by atoms with Crippen LogP contribution in [0.3, 0.4) is 0 Å². The van der Waals surface area contributed by atoms with E-state index in [0.29, 0.717) is 5.69 Å². The fraction of sp³-hybridized carbons (Fsp3) is 0.500. The summed E-state index contributed by atoms with van der Waals surface area (Å²) in [5.41, 5.74) is 6.28. The molecular formula is C14H19FN2O2. The van der Waals surface area contributed by atoms with Crippen molar-refractivity contribution in [2.45, 2.75) is 32.2 Å². The van der Waals surface area contributed by atoms with Gasteiger partial charge in [-0.2, -0.15) is 0 Å². The number of hydrogen-bond donors (Lipinski definition) is 1. The van der Waals surface area contributed by atoms with Gasteiger partial charge in [0.25, 0.3) is 0 Å². The molecule has 0 aromatic heterocycles. The topological polar surface area (TPSA) is 55.6 Å². The van der Waals surface area contributed by atoms with Crippen molar-refractivity contribution >= 4 is 17.3 Å². The number of nitrogen functional groups attached to an aromatic ring is 1. The van der Waals surface area contributed by atoms with Gasteiger partial charge in [-0.25, -0.2) is 9.18 Å². The van der Waals surface area contributed by atoms with Gasteiger partial charge in [0, 0.05) is 17.8 Å². The van der Waals surface area contributed by atoms with Crippen molar-refractivity contribution in [3.8, 4) is 0 Å². The molecule has 5 heteroatoms. The second kappa shape index (κ2) is 4.72. The molecule has 1 aliphatic heterocycles. The first-order chi connectivity index (χ1) is 8.86. The van der Waals surface area contributed by atoms with Crippen molar-refractivity contribution in [1.82, 2.24) is 0 Å². The molecule has 1 saturated heterocycles. The van der Waals surface area contributed by atoms with E-state index < -0.39 is 11.8 Å². The highest BCUT2D eigenvalue weighted by Gasteiger charge is 2.34. The molecule has 0 unspecified atom stereocenters. The lowest BCUT2D eigenvalue weighted by atomic mass is 10.0. The summed E-state index contributed by atoms with van der Waals surface area (Å²) in [6.45, 7) is 4.90. The molecule has 0 amide bonds. The normalized spacial score (nSPS) is 17.6. The number of nitrogens with zero attached hydrogens (tertiary/aromatic N) is 1. The van der Waals surface area contributed by atoms with Crippen LogP contribution in [0.4, 0.5) is 15.8 Å². The Hall–Kier alpha value is -1.78. The molecule has 1 aliphatic rings. The predicted octanol–water partition coefficient (Wildman–Crippen LogP) is 2.57. The number of hydrogen-bond acceptors (Lipinski definition) is 4. The Morgan fingerprint density at radius 1 is 1.47 bits per heavy atom. The van der Waals surface area contributed by atoms with Crippen molar-refractivity contribution in [3.63, 3.8) is 0 Å². The fourth-order valence-electron chi connectivity index (χ4n) is 2.62. The van der Waals surface area contributed by atoms with Crippen LogP contribution in [0.2, 0.25) is 0 Å². The lowest BCUT2D eigenvalue weighted by molar-refractivity contribution is 0.0602. The first-order valence-electron chi connectivity index (χ1n) is 6.32. The highest BCUT2D eigenvalue weighted by molar-refractivity contribution is 5.96. The molecule has 1 heterocycles. The molecule has 0 aliphatic carbocycles. The summed E-state index contributed by atoms with van der Waals surface area (Å²) in [6.07, 6.45) is 1.99. The maximum atomic E-state index is 14.1. The van der Waals surface area contributed by atoms with Crippen molar-refractivity contribution in [2.75, 3.05) is 24.3 Å². The lowest BCUT2D eigenvalue weighted by Crippen LogP contribution is -2.38. The van der Waals surface area contributed by atoms with Gasteiger partial charge in [0.05, 0.1) is 18.4 Å². The second-order valence-electron chi connectivity index (χ2n) is 5.45. The molecular weight excluding hydrogens is 247 g/mol. The average molecular weight is 266 g/mol. The summed E-state index contributed by atoms with van der Waals surface area (Å²) in [5.74, 6) is -0.948. The van der Waals surface area contributed by atoms with E-state index in [1.807, 2.05) is 4.90 Å². The Kier molecular flexibility index (Phi) is 3.39. The van der Waals surface area contributed by atoms with Crippen LogP contribution in [0.5, 0.6) is 0 Å². The van der Waals surface area contributed by atoms with Crippen molar-refractivity contribution in [2.24, 2.45) is 0 Å². The van der Waals surface area contributed by atoms with E-state index in [0.717, 1.165) is 19.4 Å². The predicted molar refractivity (Wildman–Crippen MR) is 72.8 cm³/mol. The van der Waals surface area contributed by atoms with Crippen LogP contribution in [-0.2, 0) is 4.74 Å². The van der Waals surface area contributed by atoms with E-state index in [2.05, 4.69) is 18.6 Å². The maximum Gasteiger partial charge on any atom is 0.340 e. The van der Waals surface area contributed by atoms with Crippen LogP contribution in [0, 0.1) is 5.82 Å². The molecule has 1 aromatic carbocycles. The van der Waals surface area contributed by atoms with E-state index >= 15 is 0 Å². The lowest BCUT2D eigenvalue weighted by Gasteiger charge is -2.34. The van der Waals surface area contributed by atoms with Crippen LogP contribution in [0.25, 0.3) is 0 Å². The highest BCUT2D eigenvalue weighted by Crippen LogP contribution is 2.36. The molecule has 2 N–H and O–H groups in total. The third kappa shape index (κ3) is 2.37. The summed E-state index contributed by atoms with van der Waals surface area (Å²) >= 11 is 0. The Bertz CT molecular complexity index is 514. The van der Waals surface area contributed by atoms with Gasteiger partial charge in [0.1, 0.15) is 5.82 Å². The number of nitrogens with two attached hydrogens (primary N) is 1. The van der Waals surface area contributed by atoms with Gasteiger partial charge in [-0.1, -0.05) is 0 Å². The quantitative estimate of drug-likeness (QED) is 0.660. The summed E-state index contributed by atoms with van der Waals surface area (Å²) in [6, 6.07) is 2.68. The number of methoxy groups -OCH3 is 1. The number of benzene rings is 1. The van der Waals surface area contributed by atoms with Crippen molar-refractivity contribution in [1.29, 1.82) is 0 Å². The Morgan fingerprint density at radius 3 is 2.68 bits per heavy atom.